The van der Waals surface area contributed by atoms with E-state index in [4.69, 9.17) is 4.74 Å². The number of nitrogens with one attached hydrogen (secondary N) is 1. The third-order valence-corrected chi connectivity index (χ3v) is 9.51. The van der Waals surface area contributed by atoms with Crippen LogP contribution < -0.4 is 5.32 Å². The highest BCUT2D eigenvalue weighted by Crippen LogP contribution is 2.51. The quantitative estimate of drug-likeness (QED) is 0.131. The molecule has 0 radical (unpaired) electrons. The lowest BCUT2D eigenvalue weighted by Gasteiger charge is -2.50. The van der Waals surface area contributed by atoms with Gasteiger partial charge in [-0.3, -0.25) is 9.59 Å². The molecule has 0 fully saturated rings. The van der Waals surface area contributed by atoms with Crippen molar-refractivity contribution in [3.05, 3.63) is 140 Å². The van der Waals surface area contributed by atoms with Crippen LogP contribution in [0.25, 0.3) is 0 Å². The summed E-state index contributed by atoms with van der Waals surface area (Å²) in [4.78, 5) is 30.8. The molecule has 4 aromatic rings. The van der Waals surface area contributed by atoms with Crippen molar-refractivity contribution in [2.45, 2.75) is 43.6 Å². The number of nitrogens with zero attached hydrogens (tertiary/aromatic N) is 1. The SMILES string of the molecule is COCCCNC(=O)[C@@]1(Cc2ccccc2I)c2ccccc2C(=O)N(Cc2ccccc2C(F)(F)F)[C@H]1c1ccc(CO)cc1. The maximum absolute atomic E-state index is 14.9. The number of amides is 2. The predicted molar refractivity (Wildman–Crippen MR) is 177 cm³/mol. The summed E-state index contributed by atoms with van der Waals surface area (Å²) in [7, 11) is 1.58. The second kappa shape index (κ2) is 14.4. The summed E-state index contributed by atoms with van der Waals surface area (Å²) in [6, 6.07) is 25.6. The summed E-state index contributed by atoms with van der Waals surface area (Å²) in [6.45, 7) is 0.109. The molecule has 0 unspecified atom stereocenters. The molecule has 2 amide bonds. The normalized spacial score (nSPS) is 17.9. The molecule has 0 saturated carbocycles. The summed E-state index contributed by atoms with van der Waals surface area (Å²) in [5.74, 6) is -0.831. The van der Waals surface area contributed by atoms with E-state index in [1.54, 1.807) is 55.6 Å². The number of ether oxygens (including phenoxy) is 1. The third kappa shape index (κ3) is 6.70. The van der Waals surface area contributed by atoms with Crippen LogP contribution in [-0.2, 0) is 40.7 Å². The molecule has 0 aromatic heterocycles. The van der Waals surface area contributed by atoms with Crippen molar-refractivity contribution in [1.82, 2.24) is 10.2 Å². The van der Waals surface area contributed by atoms with Gasteiger partial charge in [-0.15, -0.1) is 0 Å². The van der Waals surface area contributed by atoms with Gasteiger partial charge in [-0.1, -0.05) is 78.9 Å². The number of aliphatic hydroxyl groups excluding tert-OH is 1. The van der Waals surface area contributed by atoms with Gasteiger partial charge in [-0.25, -0.2) is 0 Å². The van der Waals surface area contributed by atoms with Gasteiger partial charge in [-0.2, -0.15) is 13.2 Å². The van der Waals surface area contributed by atoms with E-state index in [0.717, 1.165) is 15.2 Å². The Kier molecular flexibility index (Phi) is 10.5. The topological polar surface area (TPSA) is 78.9 Å². The third-order valence-electron chi connectivity index (χ3n) is 8.46. The second-order valence-corrected chi connectivity index (χ2v) is 12.4. The lowest BCUT2D eigenvalue weighted by molar-refractivity contribution is -0.139. The monoisotopic (exact) mass is 742 g/mol. The summed E-state index contributed by atoms with van der Waals surface area (Å²) < 4.78 is 48.9. The zero-order chi connectivity index (χ0) is 32.9. The van der Waals surface area contributed by atoms with E-state index in [9.17, 15) is 27.9 Å². The van der Waals surface area contributed by atoms with Crippen LogP contribution in [-0.4, -0.2) is 42.1 Å². The van der Waals surface area contributed by atoms with Gasteiger partial charge in [0.2, 0.25) is 5.91 Å². The Morgan fingerprint density at radius 3 is 2.28 bits per heavy atom. The van der Waals surface area contributed by atoms with Crippen LogP contribution >= 0.6 is 22.6 Å². The van der Waals surface area contributed by atoms with Gasteiger partial charge < -0.3 is 20.1 Å². The highest BCUT2D eigenvalue weighted by Gasteiger charge is 2.56. The van der Waals surface area contributed by atoms with E-state index in [2.05, 4.69) is 27.9 Å². The smallest absolute Gasteiger partial charge is 0.392 e. The van der Waals surface area contributed by atoms with Gasteiger partial charge in [0.15, 0.2) is 0 Å². The number of hydrogen-bond acceptors (Lipinski definition) is 4. The Bertz CT molecular complexity index is 1700. The van der Waals surface area contributed by atoms with Gasteiger partial charge in [0, 0.05) is 35.9 Å². The molecule has 46 heavy (non-hydrogen) atoms. The van der Waals surface area contributed by atoms with Crippen molar-refractivity contribution in [2.24, 2.45) is 0 Å². The fraction of sp³-hybridized carbons (Fsp3) is 0.278. The van der Waals surface area contributed by atoms with Crippen LogP contribution in [0.4, 0.5) is 13.2 Å². The molecule has 6 nitrogen and oxygen atoms in total. The minimum atomic E-state index is -4.65. The molecule has 0 bridgehead atoms. The van der Waals surface area contributed by atoms with Crippen molar-refractivity contribution in [3.63, 3.8) is 0 Å². The molecule has 1 aliphatic rings. The lowest BCUT2D eigenvalue weighted by Crippen LogP contribution is -2.59. The molecule has 2 N–H and O–H groups in total. The van der Waals surface area contributed by atoms with Crippen LogP contribution in [0.15, 0.2) is 97.1 Å². The molecule has 5 rings (SSSR count). The number of carbonyl (C=O) groups is 2. The molecule has 2 atom stereocenters. The summed E-state index contributed by atoms with van der Waals surface area (Å²) in [5.41, 5.74) is 0.412. The van der Waals surface area contributed by atoms with Gasteiger partial charge in [0.25, 0.3) is 5.91 Å². The highest BCUT2D eigenvalue weighted by molar-refractivity contribution is 14.1. The molecule has 10 heteroatoms. The highest BCUT2D eigenvalue weighted by atomic mass is 127. The Morgan fingerprint density at radius 2 is 1.61 bits per heavy atom. The zero-order valence-corrected chi connectivity index (χ0v) is 27.3. The average molecular weight is 743 g/mol. The number of alkyl halides is 3. The van der Waals surface area contributed by atoms with E-state index < -0.39 is 29.1 Å². The van der Waals surface area contributed by atoms with E-state index in [1.807, 2.05) is 24.3 Å². The van der Waals surface area contributed by atoms with Crippen molar-refractivity contribution in [3.8, 4) is 0 Å². The average Bonchev–Trinajstić information content (AvgIpc) is 3.06. The van der Waals surface area contributed by atoms with E-state index >= 15 is 0 Å². The second-order valence-electron chi connectivity index (χ2n) is 11.3. The van der Waals surface area contributed by atoms with Crippen molar-refractivity contribution < 1.29 is 32.6 Å². The van der Waals surface area contributed by atoms with Crippen LogP contribution in [0.3, 0.4) is 0 Å². The largest absolute Gasteiger partial charge is 0.416 e. The Hall–Kier alpha value is -3.74. The van der Waals surface area contributed by atoms with E-state index in [-0.39, 0.29) is 36.6 Å². The predicted octanol–water partition coefficient (Wildman–Crippen LogP) is 6.83. The number of rotatable bonds is 11. The standard InChI is InChI=1S/C36H34F3IN2O4/c1-46-20-8-19-41-34(45)35(21-26-9-3-7-14-31(26)40)30-13-6-4-11-28(30)33(44)42(32(35)25-17-15-24(23-43)16-18-25)22-27-10-2-5-12-29(27)36(37,38)39/h2-7,9-18,32,43H,8,19-23H2,1H3,(H,41,45)/t32-,35-/m0/s1. The van der Waals surface area contributed by atoms with Gasteiger partial charge in [0.05, 0.1) is 18.2 Å². The van der Waals surface area contributed by atoms with Gasteiger partial charge in [0.1, 0.15) is 5.41 Å². The number of aliphatic hydroxyl groups is 1. The number of methoxy groups -OCH3 is 1. The molecule has 0 spiro atoms. The number of hydrogen-bond donors (Lipinski definition) is 2. The van der Waals surface area contributed by atoms with Crippen LogP contribution in [0.2, 0.25) is 0 Å². The van der Waals surface area contributed by atoms with Crippen LogP contribution in [0, 0.1) is 3.57 Å². The molecule has 1 aliphatic heterocycles. The minimum Gasteiger partial charge on any atom is -0.392 e. The first-order valence-electron chi connectivity index (χ1n) is 14.9. The Morgan fingerprint density at radius 1 is 0.957 bits per heavy atom. The molecule has 0 aliphatic carbocycles. The number of benzene rings is 4. The van der Waals surface area contributed by atoms with Gasteiger partial charge >= 0.3 is 6.18 Å². The molecule has 240 valence electrons. The summed E-state index contributed by atoms with van der Waals surface area (Å²) >= 11 is 2.22. The van der Waals surface area contributed by atoms with Crippen LogP contribution in [0.1, 0.15) is 56.2 Å². The summed E-state index contributed by atoms with van der Waals surface area (Å²) in [6.07, 6.45) is -3.95. The van der Waals surface area contributed by atoms with Crippen molar-refractivity contribution >= 4 is 34.4 Å². The Balaban J connectivity index is 1.80. The minimum absolute atomic E-state index is 0.0802. The van der Waals surface area contributed by atoms with Gasteiger partial charge in [-0.05, 0) is 81.4 Å². The maximum atomic E-state index is 14.9. The number of carbonyl (C=O) groups excluding carboxylic acids is 2. The Labute approximate surface area is 279 Å². The zero-order valence-electron chi connectivity index (χ0n) is 25.2. The van der Waals surface area contributed by atoms with Crippen molar-refractivity contribution in [1.29, 1.82) is 0 Å². The van der Waals surface area contributed by atoms with Crippen molar-refractivity contribution in [2.75, 3.05) is 20.3 Å². The van der Waals surface area contributed by atoms with Crippen LogP contribution in [0.5, 0.6) is 0 Å². The number of halogens is 4. The lowest BCUT2D eigenvalue weighted by atomic mass is 9.63. The first-order valence-corrected chi connectivity index (χ1v) is 16.0. The molecule has 4 aromatic carbocycles. The summed E-state index contributed by atoms with van der Waals surface area (Å²) in [5, 5.41) is 12.9. The fourth-order valence-electron chi connectivity index (χ4n) is 6.33. The van der Waals surface area contributed by atoms with E-state index in [1.165, 1.54) is 23.1 Å². The first-order chi connectivity index (χ1) is 22.1. The molecule has 1 heterocycles. The first kappa shape index (κ1) is 33.6. The molecular formula is C36H34F3IN2O4. The van der Waals surface area contributed by atoms with E-state index in [0.29, 0.717) is 36.3 Å². The molecule has 0 saturated heterocycles. The molecular weight excluding hydrogens is 708 g/mol. The fourth-order valence-corrected chi connectivity index (χ4v) is 6.91. The maximum Gasteiger partial charge on any atom is 0.416 e. The number of fused-ring (bicyclic) bond motifs is 1.